The fourth-order valence-corrected chi connectivity index (χ4v) is 2.31. The number of nitrogens with zero attached hydrogens (tertiary/aromatic N) is 2. The van der Waals surface area contributed by atoms with Gasteiger partial charge in [0.1, 0.15) is 11.0 Å². The Kier molecular flexibility index (Phi) is 4.24. The lowest BCUT2D eigenvalue weighted by atomic mass is 10.2. The van der Waals surface area contributed by atoms with Crippen LogP contribution in [-0.4, -0.2) is 15.9 Å². The minimum Gasteiger partial charge on any atom is -0.399 e. The number of nitrogens with two attached hydrogens (primary N) is 1. The molecule has 0 saturated carbocycles. The molecule has 19 heavy (non-hydrogen) atoms. The third-order valence-electron chi connectivity index (χ3n) is 2.09. The van der Waals surface area contributed by atoms with E-state index in [1.807, 2.05) is 0 Å². The molecule has 1 amide bonds. The zero-order valence-corrected chi connectivity index (χ0v) is 12.4. The number of hydrogen-bond donors (Lipinski definition) is 2. The van der Waals surface area contributed by atoms with E-state index in [-0.39, 0.29) is 22.2 Å². The van der Waals surface area contributed by atoms with Crippen molar-refractivity contribution in [3.63, 3.8) is 0 Å². The Labute approximate surface area is 127 Å². The van der Waals surface area contributed by atoms with Gasteiger partial charge in [0.15, 0.2) is 0 Å². The molecule has 0 saturated heterocycles. The molecule has 0 radical (unpaired) electrons. The molecule has 1 heterocycles. The molecule has 3 N–H and O–H groups in total. The number of amides is 1. The highest BCUT2D eigenvalue weighted by Crippen LogP contribution is 2.19. The van der Waals surface area contributed by atoms with Crippen LogP contribution in [0.15, 0.2) is 28.7 Å². The second-order valence-corrected chi connectivity index (χ2v) is 5.21. The molecule has 8 heteroatoms. The van der Waals surface area contributed by atoms with E-state index >= 15 is 0 Å². The Morgan fingerprint density at radius 1 is 1.21 bits per heavy atom. The number of anilines is 2. The molecule has 0 aliphatic rings. The van der Waals surface area contributed by atoms with Crippen molar-refractivity contribution in [1.82, 2.24) is 9.97 Å². The lowest BCUT2D eigenvalue weighted by Crippen LogP contribution is -2.13. The van der Waals surface area contributed by atoms with Gasteiger partial charge < -0.3 is 11.1 Å². The van der Waals surface area contributed by atoms with Crippen LogP contribution in [0.2, 0.25) is 10.4 Å². The summed E-state index contributed by atoms with van der Waals surface area (Å²) in [5.41, 5.74) is 6.52. The fourth-order valence-electron chi connectivity index (χ4n) is 1.39. The van der Waals surface area contributed by atoms with Crippen molar-refractivity contribution in [3.8, 4) is 0 Å². The van der Waals surface area contributed by atoms with Gasteiger partial charge in [-0.3, -0.25) is 4.79 Å². The second-order valence-electron chi connectivity index (χ2n) is 3.57. The van der Waals surface area contributed by atoms with Gasteiger partial charge in [0.25, 0.3) is 5.91 Å². The molecule has 2 rings (SSSR count). The summed E-state index contributed by atoms with van der Waals surface area (Å²) in [6.07, 6.45) is 0. The molecule has 98 valence electrons. The second kappa shape index (κ2) is 5.73. The molecule has 0 atom stereocenters. The van der Waals surface area contributed by atoms with E-state index in [0.29, 0.717) is 15.7 Å². The maximum absolute atomic E-state index is 12.0. The van der Waals surface area contributed by atoms with Gasteiger partial charge in [-0.2, -0.15) is 0 Å². The van der Waals surface area contributed by atoms with Gasteiger partial charge in [-0.15, -0.1) is 0 Å². The number of benzene rings is 1. The first-order chi connectivity index (χ1) is 8.94. The highest BCUT2D eigenvalue weighted by molar-refractivity contribution is 9.10. The average Bonchev–Trinajstić information content (AvgIpc) is 2.25. The van der Waals surface area contributed by atoms with Crippen LogP contribution < -0.4 is 11.1 Å². The van der Waals surface area contributed by atoms with Crippen LogP contribution in [-0.2, 0) is 0 Å². The van der Waals surface area contributed by atoms with Gasteiger partial charge in [0.2, 0.25) is 5.28 Å². The van der Waals surface area contributed by atoms with Gasteiger partial charge in [0, 0.05) is 21.8 Å². The largest absolute Gasteiger partial charge is 0.399 e. The predicted molar refractivity (Wildman–Crippen MR) is 78.6 cm³/mol. The Hall–Kier alpha value is -1.37. The molecule has 0 spiro atoms. The fraction of sp³-hybridized carbons (Fsp3) is 0. The first-order valence-electron chi connectivity index (χ1n) is 5.01. The van der Waals surface area contributed by atoms with E-state index in [1.54, 1.807) is 18.2 Å². The number of nitrogens with one attached hydrogen (secondary N) is 1. The zero-order valence-electron chi connectivity index (χ0n) is 9.32. The smallest absolute Gasteiger partial charge is 0.256 e. The lowest BCUT2D eigenvalue weighted by Gasteiger charge is -2.06. The third-order valence-corrected chi connectivity index (χ3v) is 2.91. The van der Waals surface area contributed by atoms with Crippen LogP contribution >= 0.6 is 39.1 Å². The SMILES string of the molecule is Nc1cc(Br)cc(C(=O)Nc2cc(Cl)nc(Cl)n2)c1. The lowest BCUT2D eigenvalue weighted by molar-refractivity contribution is 0.102. The van der Waals surface area contributed by atoms with Gasteiger partial charge in [-0.1, -0.05) is 27.5 Å². The van der Waals surface area contributed by atoms with Crippen molar-refractivity contribution >= 4 is 56.5 Å². The quantitative estimate of drug-likeness (QED) is 0.488. The number of nitrogen functional groups attached to an aromatic ring is 1. The van der Waals surface area contributed by atoms with Crippen molar-refractivity contribution in [1.29, 1.82) is 0 Å². The molecule has 0 aliphatic heterocycles. The topological polar surface area (TPSA) is 80.9 Å². The van der Waals surface area contributed by atoms with E-state index in [1.165, 1.54) is 6.07 Å². The van der Waals surface area contributed by atoms with Crippen molar-refractivity contribution < 1.29 is 4.79 Å². The molecule has 0 bridgehead atoms. The summed E-state index contributed by atoms with van der Waals surface area (Å²) in [4.78, 5) is 19.5. The van der Waals surface area contributed by atoms with Crippen molar-refractivity contribution in [3.05, 3.63) is 44.7 Å². The number of hydrogen-bond acceptors (Lipinski definition) is 4. The first kappa shape index (κ1) is 14.0. The highest BCUT2D eigenvalue weighted by atomic mass is 79.9. The van der Waals surface area contributed by atoms with Gasteiger partial charge in [-0.25, -0.2) is 9.97 Å². The van der Waals surface area contributed by atoms with Gasteiger partial charge >= 0.3 is 0 Å². The van der Waals surface area contributed by atoms with Crippen molar-refractivity contribution in [2.45, 2.75) is 0 Å². The summed E-state index contributed by atoms with van der Waals surface area (Å²) in [5, 5.41) is 2.66. The van der Waals surface area contributed by atoms with Crippen molar-refractivity contribution in [2.75, 3.05) is 11.1 Å². The number of aromatic nitrogens is 2. The number of carbonyl (C=O) groups is 1. The van der Waals surface area contributed by atoms with Crippen LogP contribution in [0.3, 0.4) is 0 Å². The minimum absolute atomic E-state index is 0.0449. The molecule has 0 fully saturated rings. The van der Waals surface area contributed by atoms with Crippen molar-refractivity contribution in [2.24, 2.45) is 0 Å². The van der Waals surface area contributed by atoms with E-state index in [0.717, 1.165) is 0 Å². The summed E-state index contributed by atoms with van der Waals surface area (Å²) in [6.45, 7) is 0. The standard InChI is InChI=1S/C11H7BrCl2N4O/c12-6-1-5(2-7(15)3-6)10(19)17-9-4-8(13)16-11(14)18-9/h1-4H,15H2,(H,16,17,18,19). The highest BCUT2D eigenvalue weighted by Gasteiger charge is 2.10. The predicted octanol–water partition coefficient (Wildman–Crippen LogP) is 3.38. The summed E-state index contributed by atoms with van der Waals surface area (Å²) >= 11 is 14.6. The number of carbonyl (C=O) groups excluding carboxylic acids is 1. The van der Waals surface area contributed by atoms with E-state index in [4.69, 9.17) is 28.9 Å². The molecule has 5 nitrogen and oxygen atoms in total. The summed E-state index contributed by atoms with van der Waals surface area (Å²) < 4.78 is 0.705. The first-order valence-corrected chi connectivity index (χ1v) is 6.56. The number of halogens is 3. The maximum Gasteiger partial charge on any atom is 0.256 e. The summed E-state index contributed by atoms with van der Waals surface area (Å²) in [7, 11) is 0. The van der Waals surface area contributed by atoms with Crippen LogP contribution in [0.5, 0.6) is 0 Å². The normalized spacial score (nSPS) is 10.3. The van der Waals surface area contributed by atoms with E-state index in [9.17, 15) is 4.79 Å². The molecular weight excluding hydrogens is 355 g/mol. The zero-order chi connectivity index (χ0) is 14.0. The monoisotopic (exact) mass is 360 g/mol. The Morgan fingerprint density at radius 3 is 2.58 bits per heavy atom. The molecule has 0 aliphatic carbocycles. The van der Waals surface area contributed by atoms with E-state index in [2.05, 4.69) is 31.2 Å². The van der Waals surface area contributed by atoms with Crippen LogP contribution in [0.4, 0.5) is 11.5 Å². The van der Waals surface area contributed by atoms with Gasteiger partial charge in [0.05, 0.1) is 0 Å². The molecule has 0 unspecified atom stereocenters. The van der Waals surface area contributed by atoms with Crippen LogP contribution in [0.1, 0.15) is 10.4 Å². The third kappa shape index (κ3) is 3.79. The Morgan fingerprint density at radius 2 is 1.95 bits per heavy atom. The maximum atomic E-state index is 12.0. The molecular formula is C11H7BrCl2N4O. The molecule has 1 aromatic carbocycles. The van der Waals surface area contributed by atoms with Gasteiger partial charge in [-0.05, 0) is 29.8 Å². The minimum atomic E-state index is -0.376. The number of rotatable bonds is 2. The Balaban J connectivity index is 2.25. The van der Waals surface area contributed by atoms with Crippen LogP contribution in [0.25, 0.3) is 0 Å². The molecule has 2 aromatic rings. The Bertz CT molecular complexity index is 610. The van der Waals surface area contributed by atoms with Crippen LogP contribution in [0, 0.1) is 0 Å². The molecule has 1 aromatic heterocycles. The summed E-state index contributed by atoms with van der Waals surface area (Å²) in [6, 6.07) is 6.27. The van der Waals surface area contributed by atoms with E-state index < -0.39 is 0 Å². The summed E-state index contributed by atoms with van der Waals surface area (Å²) in [5.74, 6) is -0.160. The average molecular weight is 362 g/mol.